The van der Waals surface area contributed by atoms with Gasteiger partial charge in [-0.3, -0.25) is 4.79 Å². The van der Waals surface area contributed by atoms with E-state index in [-0.39, 0.29) is 12.6 Å². The fourth-order valence-corrected chi connectivity index (χ4v) is 5.69. The summed E-state index contributed by atoms with van der Waals surface area (Å²) < 4.78 is 10.7. The van der Waals surface area contributed by atoms with Crippen molar-refractivity contribution >= 4 is 44.3 Å². The van der Waals surface area contributed by atoms with Crippen molar-refractivity contribution in [3.8, 4) is 0 Å². The standard InChI is InChI=1S/C34H30N2O4/c1-21-19-35-28(23(21)16-17-30(37)39-2)18-29-31-26-14-8-6-12-24(26)25-13-7-9-15-27(25)32(31)33(36-29)34(38)40-20-22-10-4-3-5-11-22/h3-15,19,35-36H,16-18,20H2,1-2H3. The Morgan fingerprint density at radius 2 is 1.40 bits per heavy atom. The van der Waals surface area contributed by atoms with E-state index in [2.05, 4.69) is 34.2 Å². The Hall–Kier alpha value is -4.84. The fourth-order valence-electron chi connectivity index (χ4n) is 5.69. The highest BCUT2D eigenvalue weighted by molar-refractivity contribution is 6.29. The van der Waals surface area contributed by atoms with Crippen molar-refractivity contribution in [1.29, 1.82) is 0 Å². The van der Waals surface area contributed by atoms with Gasteiger partial charge in [0.25, 0.3) is 0 Å². The van der Waals surface area contributed by atoms with Crippen LogP contribution in [0.2, 0.25) is 0 Å². The molecule has 6 heteroatoms. The first-order valence-corrected chi connectivity index (χ1v) is 13.4. The molecule has 2 aromatic heterocycles. The Kier molecular flexibility index (Phi) is 6.83. The minimum atomic E-state index is -0.394. The SMILES string of the molecule is COC(=O)CCc1c(C)c[nH]c1Cc1[nH]c(C(=O)OCc2ccccc2)c2c3ccccc3c3ccccc3c12. The number of aryl methyl sites for hydroxylation is 1. The number of carbonyl (C=O) groups excluding carboxylic acids is 2. The molecule has 40 heavy (non-hydrogen) atoms. The molecule has 0 radical (unpaired) electrons. The molecule has 0 saturated heterocycles. The third kappa shape index (κ3) is 4.62. The topological polar surface area (TPSA) is 84.2 Å². The number of aromatic amines is 2. The van der Waals surface area contributed by atoms with Gasteiger partial charge in [0, 0.05) is 41.2 Å². The lowest BCUT2D eigenvalue weighted by Crippen LogP contribution is -2.07. The Labute approximate surface area is 231 Å². The second kappa shape index (κ2) is 10.7. The van der Waals surface area contributed by atoms with Gasteiger partial charge in [0.15, 0.2) is 0 Å². The number of ether oxygens (including phenoxy) is 2. The molecule has 2 heterocycles. The van der Waals surface area contributed by atoms with Gasteiger partial charge in [-0.25, -0.2) is 4.79 Å². The largest absolute Gasteiger partial charge is 0.469 e. The number of hydrogen-bond donors (Lipinski definition) is 2. The van der Waals surface area contributed by atoms with E-state index in [1.807, 2.05) is 67.7 Å². The maximum Gasteiger partial charge on any atom is 0.355 e. The van der Waals surface area contributed by atoms with Gasteiger partial charge in [-0.15, -0.1) is 0 Å². The van der Waals surface area contributed by atoms with Crippen LogP contribution in [0, 0.1) is 6.92 Å². The lowest BCUT2D eigenvalue weighted by atomic mass is 9.93. The number of H-pyrrole nitrogens is 2. The van der Waals surface area contributed by atoms with Crippen LogP contribution in [0.1, 0.15) is 45.0 Å². The van der Waals surface area contributed by atoms with E-state index in [9.17, 15) is 9.59 Å². The van der Waals surface area contributed by atoms with Crippen molar-refractivity contribution in [2.75, 3.05) is 7.11 Å². The monoisotopic (exact) mass is 530 g/mol. The van der Waals surface area contributed by atoms with E-state index in [1.165, 1.54) is 7.11 Å². The zero-order chi connectivity index (χ0) is 27.6. The van der Waals surface area contributed by atoms with E-state index >= 15 is 0 Å². The predicted octanol–water partition coefficient (Wildman–Crippen LogP) is 7.16. The summed E-state index contributed by atoms with van der Waals surface area (Å²) in [7, 11) is 1.41. The number of esters is 2. The third-order valence-electron chi connectivity index (χ3n) is 7.64. The van der Waals surface area contributed by atoms with Crippen molar-refractivity contribution in [3.63, 3.8) is 0 Å². The molecule has 0 aliphatic carbocycles. The third-order valence-corrected chi connectivity index (χ3v) is 7.64. The van der Waals surface area contributed by atoms with Crippen LogP contribution in [0.25, 0.3) is 32.3 Å². The summed E-state index contributed by atoms with van der Waals surface area (Å²) in [6.07, 6.45) is 3.38. The molecule has 0 spiro atoms. The van der Waals surface area contributed by atoms with Gasteiger partial charge in [0.2, 0.25) is 0 Å². The zero-order valence-electron chi connectivity index (χ0n) is 22.5. The maximum atomic E-state index is 13.6. The van der Waals surface area contributed by atoms with Gasteiger partial charge >= 0.3 is 11.9 Å². The molecule has 6 aromatic rings. The molecule has 0 saturated carbocycles. The van der Waals surface area contributed by atoms with Crippen LogP contribution in [0.3, 0.4) is 0 Å². The Bertz CT molecular complexity index is 1860. The van der Waals surface area contributed by atoms with Gasteiger partial charge in [0.1, 0.15) is 12.3 Å². The average Bonchev–Trinajstić information content (AvgIpc) is 3.55. The first-order chi connectivity index (χ1) is 19.5. The molecule has 0 fully saturated rings. The smallest absolute Gasteiger partial charge is 0.355 e. The molecular weight excluding hydrogens is 500 g/mol. The Morgan fingerprint density at radius 1 is 0.775 bits per heavy atom. The van der Waals surface area contributed by atoms with Gasteiger partial charge < -0.3 is 19.4 Å². The molecule has 200 valence electrons. The van der Waals surface area contributed by atoms with Crippen LogP contribution in [0.15, 0.2) is 85.1 Å². The maximum absolute atomic E-state index is 13.6. The van der Waals surface area contributed by atoms with Crippen LogP contribution in [0.4, 0.5) is 0 Å². The minimum absolute atomic E-state index is 0.189. The minimum Gasteiger partial charge on any atom is -0.469 e. The molecule has 2 N–H and O–H groups in total. The number of aromatic nitrogens is 2. The van der Waals surface area contributed by atoms with Crippen molar-refractivity contribution in [2.24, 2.45) is 0 Å². The number of benzene rings is 4. The fraction of sp³-hybridized carbons (Fsp3) is 0.176. The Morgan fingerprint density at radius 3 is 2.08 bits per heavy atom. The molecule has 6 nitrogen and oxygen atoms in total. The van der Waals surface area contributed by atoms with Crippen LogP contribution < -0.4 is 0 Å². The number of methoxy groups -OCH3 is 1. The van der Waals surface area contributed by atoms with E-state index in [0.29, 0.717) is 25.0 Å². The second-order valence-corrected chi connectivity index (χ2v) is 10.1. The lowest BCUT2D eigenvalue weighted by molar-refractivity contribution is -0.140. The highest BCUT2D eigenvalue weighted by atomic mass is 16.5. The molecule has 0 unspecified atom stereocenters. The van der Waals surface area contributed by atoms with Gasteiger partial charge in [-0.1, -0.05) is 78.9 Å². The van der Waals surface area contributed by atoms with Gasteiger partial charge in [-0.05, 0) is 51.6 Å². The molecule has 0 aliphatic rings. The summed E-state index contributed by atoms with van der Waals surface area (Å²) in [5, 5.41) is 6.16. The molecule has 0 aliphatic heterocycles. The van der Waals surface area contributed by atoms with Crippen LogP contribution in [-0.2, 0) is 33.7 Å². The van der Waals surface area contributed by atoms with E-state index in [0.717, 1.165) is 60.4 Å². The first-order valence-electron chi connectivity index (χ1n) is 13.4. The highest BCUT2D eigenvalue weighted by Gasteiger charge is 2.24. The van der Waals surface area contributed by atoms with Crippen molar-refractivity contribution in [3.05, 3.63) is 119 Å². The van der Waals surface area contributed by atoms with Crippen molar-refractivity contribution < 1.29 is 19.1 Å². The van der Waals surface area contributed by atoms with Gasteiger partial charge in [-0.2, -0.15) is 0 Å². The van der Waals surface area contributed by atoms with E-state index in [4.69, 9.17) is 9.47 Å². The molecule has 0 amide bonds. The summed E-state index contributed by atoms with van der Waals surface area (Å²) in [6.45, 7) is 2.23. The number of fused-ring (bicyclic) bond motifs is 6. The van der Waals surface area contributed by atoms with Crippen LogP contribution in [-0.4, -0.2) is 29.0 Å². The number of hydrogen-bond acceptors (Lipinski definition) is 4. The molecule has 0 bridgehead atoms. The number of rotatable bonds is 8. The number of nitrogens with one attached hydrogen (secondary N) is 2. The normalized spacial score (nSPS) is 11.3. The summed E-state index contributed by atoms with van der Waals surface area (Å²) in [5.74, 6) is -0.632. The predicted molar refractivity (Wildman–Crippen MR) is 158 cm³/mol. The average molecular weight is 531 g/mol. The van der Waals surface area contributed by atoms with E-state index in [1.54, 1.807) is 0 Å². The molecular formula is C34H30N2O4. The van der Waals surface area contributed by atoms with Crippen molar-refractivity contribution in [2.45, 2.75) is 32.8 Å². The van der Waals surface area contributed by atoms with Crippen molar-refractivity contribution in [1.82, 2.24) is 9.97 Å². The second-order valence-electron chi connectivity index (χ2n) is 10.1. The molecule has 4 aromatic carbocycles. The van der Waals surface area contributed by atoms with Crippen LogP contribution in [0.5, 0.6) is 0 Å². The summed E-state index contributed by atoms with van der Waals surface area (Å²) >= 11 is 0. The highest BCUT2D eigenvalue weighted by Crippen LogP contribution is 2.40. The Balaban J connectivity index is 1.51. The summed E-state index contributed by atoms with van der Waals surface area (Å²) in [6, 6.07) is 26.2. The molecule has 0 atom stereocenters. The van der Waals surface area contributed by atoms with Crippen LogP contribution >= 0.6 is 0 Å². The van der Waals surface area contributed by atoms with E-state index < -0.39 is 5.97 Å². The quantitative estimate of drug-likeness (QED) is 0.161. The number of carbonyl (C=O) groups is 2. The molecule has 6 rings (SSSR count). The first kappa shape index (κ1) is 25.4. The summed E-state index contributed by atoms with van der Waals surface area (Å²) in [4.78, 5) is 32.4. The van der Waals surface area contributed by atoms with Gasteiger partial charge in [0.05, 0.1) is 7.11 Å². The zero-order valence-corrected chi connectivity index (χ0v) is 22.5. The summed E-state index contributed by atoms with van der Waals surface area (Å²) in [5.41, 5.74) is 5.48. The lowest BCUT2D eigenvalue weighted by Gasteiger charge is -2.10.